The van der Waals surface area contributed by atoms with E-state index in [1.807, 2.05) is 45.0 Å². The number of nitrogens with zero attached hydrogens (tertiary/aromatic N) is 3. The zero-order valence-electron chi connectivity index (χ0n) is 24.5. The van der Waals surface area contributed by atoms with Crippen LogP contribution in [0.15, 0.2) is 54.7 Å². The summed E-state index contributed by atoms with van der Waals surface area (Å²) in [6, 6.07) is 15.8. The minimum absolute atomic E-state index is 0.0238. The second kappa shape index (κ2) is 11.9. The van der Waals surface area contributed by atoms with Gasteiger partial charge in [0.15, 0.2) is 5.69 Å². The molecular weight excluding hydrogens is 536 g/mol. The molecule has 42 heavy (non-hydrogen) atoms. The minimum Gasteiger partial charge on any atom is -0.476 e. The number of aromatic nitrogens is 2. The number of fused-ring (bicyclic) bond motifs is 3. The van der Waals surface area contributed by atoms with Crippen LogP contribution in [0.2, 0.25) is 0 Å². The number of aryl methyl sites for hydroxylation is 1. The minimum atomic E-state index is -1.16. The molecule has 0 saturated heterocycles. The molecule has 1 aromatic heterocycles. The van der Waals surface area contributed by atoms with Crippen LogP contribution in [0.5, 0.6) is 0 Å². The molecule has 3 aromatic rings. The predicted molar refractivity (Wildman–Crippen MR) is 156 cm³/mol. The van der Waals surface area contributed by atoms with Gasteiger partial charge in [-0.05, 0) is 68.7 Å². The van der Waals surface area contributed by atoms with Crippen LogP contribution in [0, 0.1) is 0 Å². The number of nitrogens with one attached hydrogen (secondary N) is 1. The lowest BCUT2D eigenvalue weighted by atomic mass is 9.90. The van der Waals surface area contributed by atoms with E-state index >= 15 is 0 Å². The first-order valence-electron chi connectivity index (χ1n) is 14.4. The molecule has 10 heteroatoms. The standard InChI is InChI=1S/C32H38N4O6/c1-32(2,3)42-30(39)33-21-10-9-11-22(16-21)36(18-20-17-35(4)34-28(20)29(37)38)31(40)41-19-27-25-14-7-5-12-23(25)24-13-6-8-15-26(24)27/h5-8,12-15,17,21-22,27H,9-11,16,18-19H2,1-4H3,(H,33,39)(H,37,38)/t21-,22-/m1/s1. The Hall–Kier alpha value is -4.34. The van der Waals surface area contributed by atoms with Crippen molar-refractivity contribution >= 4 is 18.2 Å². The third-order valence-electron chi connectivity index (χ3n) is 7.83. The molecule has 0 spiro atoms. The van der Waals surface area contributed by atoms with Gasteiger partial charge in [-0.2, -0.15) is 5.10 Å². The summed E-state index contributed by atoms with van der Waals surface area (Å²) in [6.07, 6.45) is 3.30. The van der Waals surface area contributed by atoms with Gasteiger partial charge in [-0.1, -0.05) is 48.5 Å². The van der Waals surface area contributed by atoms with E-state index in [9.17, 15) is 19.5 Å². The fraction of sp³-hybridized carbons (Fsp3) is 0.438. The molecule has 2 aromatic carbocycles. The predicted octanol–water partition coefficient (Wildman–Crippen LogP) is 5.71. The number of alkyl carbamates (subject to hydrolysis) is 1. The quantitative estimate of drug-likeness (QED) is 0.371. The topological polar surface area (TPSA) is 123 Å². The smallest absolute Gasteiger partial charge is 0.410 e. The molecule has 1 saturated carbocycles. The van der Waals surface area contributed by atoms with Crippen LogP contribution in [-0.4, -0.2) is 62.2 Å². The highest BCUT2D eigenvalue weighted by Gasteiger charge is 2.35. The summed E-state index contributed by atoms with van der Waals surface area (Å²) in [5, 5.41) is 16.8. The van der Waals surface area contributed by atoms with E-state index in [1.165, 1.54) is 4.68 Å². The van der Waals surface area contributed by atoms with E-state index in [1.54, 1.807) is 18.1 Å². The summed E-state index contributed by atoms with van der Waals surface area (Å²) in [4.78, 5) is 39.8. The van der Waals surface area contributed by atoms with E-state index in [4.69, 9.17) is 9.47 Å². The molecule has 10 nitrogen and oxygen atoms in total. The number of carbonyl (C=O) groups excluding carboxylic acids is 2. The van der Waals surface area contributed by atoms with Crippen LogP contribution < -0.4 is 5.32 Å². The van der Waals surface area contributed by atoms with Crippen LogP contribution in [0.1, 0.15) is 79.6 Å². The number of amides is 2. The zero-order valence-corrected chi connectivity index (χ0v) is 24.5. The van der Waals surface area contributed by atoms with Crippen molar-refractivity contribution < 1.29 is 29.0 Å². The van der Waals surface area contributed by atoms with Crippen molar-refractivity contribution in [1.82, 2.24) is 20.0 Å². The maximum Gasteiger partial charge on any atom is 0.410 e. The van der Waals surface area contributed by atoms with Crippen molar-refractivity contribution in [1.29, 1.82) is 0 Å². The Morgan fingerprint density at radius 3 is 2.31 bits per heavy atom. The summed E-state index contributed by atoms with van der Waals surface area (Å²) in [5.74, 6) is -1.27. The second-order valence-electron chi connectivity index (χ2n) is 12.1. The van der Waals surface area contributed by atoms with Gasteiger partial charge in [-0.3, -0.25) is 4.68 Å². The molecule has 1 heterocycles. The highest BCUT2D eigenvalue weighted by atomic mass is 16.6. The fourth-order valence-electron chi connectivity index (χ4n) is 6.09. The Balaban J connectivity index is 1.36. The number of carbonyl (C=O) groups is 3. The van der Waals surface area contributed by atoms with Gasteiger partial charge in [-0.25, -0.2) is 14.4 Å². The van der Waals surface area contributed by atoms with Crippen molar-refractivity contribution in [3.8, 4) is 11.1 Å². The van der Waals surface area contributed by atoms with Crippen molar-refractivity contribution in [3.05, 3.63) is 77.1 Å². The number of rotatable bonds is 7. The Kier molecular flexibility index (Phi) is 8.24. The summed E-state index contributed by atoms with van der Waals surface area (Å²) in [5.41, 5.74) is 4.18. The van der Waals surface area contributed by atoms with Gasteiger partial charge < -0.3 is 24.8 Å². The first kappa shape index (κ1) is 29.2. The van der Waals surface area contributed by atoms with Gasteiger partial charge in [0.25, 0.3) is 0 Å². The van der Waals surface area contributed by atoms with Crippen molar-refractivity contribution in [3.63, 3.8) is 0 Å². The van der Waals surface area contributed by atoms with E-state index in [2.05, 4.69) is 34.7 Å². The number of hydrogen-bond acceptors (Lipinski definition) is 6. The average Bonchev–Trinajstić information content (AvgIpc) is 3.47. The first-order valence-corrected chi connectivity index (χ1v) is 14.4. The highest BCUT2D eigenvalue weighted by Crippen LogP contribution is 2.44. The molecular formula is C32H38N4O6. The molecule has 0 radical (unpaired) electrons. The summed E-state index contributed by atoms with van der Waals surface area (Å²) < 4.78 is 12.9. The highest BCUT2D eigenvalue weighted by molar-refractivity contribution is 5.87. The summed E-state index contributed by atoms with van der Waals surface area (Å²) in [6.45, 7) is 5.60. The largest absolute Gasteiger partial charge is 0.476 e. The summed E-state index contributed by atoms with van der Waals surface area (Å²) in [7, 11) is 1.65. The molecule has 5 rings (SSSR count). The monoisotopic (exact) mass is 574 g/mol. The lowest BCUT2D eigenvalue weighted by molar-refractivity contribution is 0.0447. The Bertz CT molecular complexity index is 1430. The normalized spacial score (nSPS) is 18.1. The maximum atomic E-state index is 13.8. The first-order chi connectivity index (χ1) is 20.0. The van der Waals surface area contributed by atoms with Crippen LogP contribution in [0.3, 0.4) is 0 Å². The van der Waals surface area contributed by atoms with E-state index in [0.717, 1.165) is 35.1 Å². The lowest BCUT2D eigenvalue weighted by Crippen LogP contribution is -2.48. The Morgan fingerprint density at radius 1 is 1.05 bits per heavy atom. The van der Waals surface area contributed by atoms with Gasteiger partial charge in [0.1, 0.15) is 12.2 Å². The molecule has 0 aliphatic heterocycles. The van der Waals surface area contributed by atoms with Crippen LogP contribution in [-0.2, 0) is 23.1 Å². The van der Waals surface area contributed by atoms with Gasteiger partial charge in [-0.15, -0.1) is 0 Å². The van der Waals surface area contributed by atoms with E-state index in [-0.39, 0.29) is 36.8 Å². The molecule has 2 aliphatic carbocycles. The fourth-order valence-corrected chi connectivity index (χ4v) is 6.09. The Labute approximate surface area is 245 Å². The van der Waals surface area contributed by atoms with Crippen molar-refractivity contribution in [2.24, 2.45) is 7.05 Å². The molecule has 0 bridgehead atoms. The molecule has 0 unspecified atom stereocenters. The van der Waals surface area contributed by atoms with Gasteiger partial charge in [0.05, 0.1) is 6.54 Å². The second-order valence-corrected chi connectivity index (χ2v) is 12.1. The number of aromatic carboxylic acids is 1. The SMILES string of the molecule is Cn1cc(CN(C(=O)OCC2c3ccccc3-c3ccccc32)[C@@H]2CCC[C@@H](NC(=O)OC(C)(C)C)C2)c(C(=O)O)n1. The van der Waals surface area contributed by atoms with Crippen molar-refractivity contribution in [2.75, 3.05) is 6.61 Å². The molecule has 2 atom stereocenters. The summed E-state index contributed by atoms with van der Waals surface area (Å²) >= 11 is 0. The Morgan fingerprint density at radius 2 is 1.69 bits per heavy atom. The number of ether oxygens (including phenoxy) is 2. The third kappa shape index (κ3) is 6.42. The van der Waals surface area contributed by atoms with E-state index in [0.29, 0.717) is 18.4 Å². The molecule has 2 N–H and O–H groups in total. The van der Waals surface area contributed by atoms with Crippen LogP contribution in [0.25, 0.3) is 11.1 Å². The number of carboxylic acids is 1. The number of hydrogen-bond donors (Lipinski definition) is 2. The van der Waals surface area contributed by atoms with Gasteiger partial charge >= 0.3 is 18.2 Å². The van der Waals surface area contributed by atoms with E-state index < -0.39 is 23.8 Å². The van der Waals surface area contributed by atoms with Crippen molar-refractivity contribution in [2.45, 2.75) is 76.6 Å². The van der Waals surface area contributed by atoms with Crippen LogP contribution in [0.4, 0.5) is 9.59 Å². The zero-order chi connectivity index (χ0) is 30.0. The maximum absolute atomic E-state index is 13.8. The third-order valence-corrected chi connectivity index (χ3v) is 7.83. The molecule has 1 fully saturated rings. The number of benzene rings is 2. The van der Waals surface area contributed by atoms with Crippen LogP contribution >= 0.6 is 0 Å². The molecule has 222 valence electrons. The molecule has 2 amide bonds. The number of carboxylic acid groups (broad SMARTS) is 1. The lowest BCUT2D eigenvalue weighted by Gasteiger charge is -2.37. The average molecular weight is 575 g/mol. The van der Waals surface area contributed by atoms with Gasteiger partial charge in [0, 0.05) is 36.8 Å². The molecule has 2 aliphatic rings. The van der Waals surface area contributed by atoms with Gasteiger partial charge in [0.2, 0.25) is 0 Å².